The predicted octanol–water partition coefficient (Wildman–Crippen LogP) is 2.04. The molecule has 0 heterocycles. The zero-order valence-corrected chi connectivity index (χ0v) is 10.1. The molecule has 0 fully saturated rings. The molecular formula is C10H18O3S. The maximum atomic E-state index is 11.6. The van der Waals surface area contributed by atoms with Crippen molar-refractivity contribution in [2.75, 3.05) is 12.4 Å². The number of hydrogen-bond donors (Lipinski definition) is 0. The Balaban J connectivity index is 4.12. The predicted molar refractivity (Wildman–Crippen MR) is 58.5 cm³/mol. The third-order valence-corrected chi connectivity index (χ3v) is 3.02. The van der Waals surface area contributed by atoms with Gasteiger partial charge in [0.25, 0.3) is 0 Å². The van der Waals surface area contributed by atoms with Crippen molar-refractivity contribution in [2.45, 2.75) is 38.9 Å². The first-order valence-corrected chi connectivity index (χ1v) is 5.75. The van der Waals surface area contributed by atoms with Crippen molar-refractivity contribution in [3.63, 3.8) is 0 Å². The zero-order chi connectivity index (χ0) is 11.2. The van der Waals surface area contributed by atoms with Crippen LogP contribution >= 0.6 is 11.8 Å². The Kier molecular flexibility index (Phi) is 5.84. The largest absolute Gasteiger partial charge is 0.466 e. The van der Waals surface area contributed by atoms with E-state index in [1.54, 1.807) is 18.7 Å². The van der Waals surface area contributed by atoms with E-state index >= 15 is 0 Å². The quantitative estimate of drug-likeness (QED) is 0.505. The van der Waals surface area contributed by atoms with Gasteiger partial charge in [-0.15, -0.1) is 11.8 Å². The van der Waals surface area contributed by atoms with Crippen LogP contribution in [0.4, 0.5) is 0 Å². The fourth-order valence-corrected chi connectivity index (χ4v) is 1.95. The molecule has 0 saturated heterocycles. The molecular weight excluding hydrogens is 200 g/mol. The van der Waals surface area contributed by atoms with Crippen LogP contribution in [0.25, 0.3) is 0 Å². The SMILES string of the molecule is CCOC(=O)CC(=O)C(C)(C)SCC. The third kappa shape index (κ3) is 4.65. The molecule has 0 rings (SSSR count). The minimum atomic E-state index is -0.485. The molecule has 82 valence electrons. The number of carbonyl (C=O) groups is 2. The highest BCUT2D eigenvalue weighted by molar-refractivity contribution is 8.01. The summed E-state index contributed by atoms with van der Waals surface area (Å²) in [6, 6.07) is 0. The highest BCUT2D eigenvalue weighted by atomic mass is 32.2. The summed E-state index contributed by atoms with van der Waals surface area (Å²) in [7, 11) is 0. The maximum Gasteiger partial charge on any atom is 0.313 e. The Morgan fingerprint density at radius 2 is 1.86 bits per heavy atom. The van der Waals surface area contributed by atoms with Gasteiger partial charge in [-0.3, -0.25) is 9.59 Å². The second-order valence-corrected chi connectivity index (χ2v) is 5.23. The van der Waals surface area contributed by atoms with Crippen LogP contribution in [0.5, 0.6) is 0 Å². The van der Waals surface area contributed by atoms with Gasteiger partial charge in [0.05, 0.1) is 11.4 Å². The van der Waals surface area contributed by atoms with Crippen LogP contribution in [-0.2, 0) is 14.3 Å². The van der Waals surface area contributed by atoms with Crippen LogP contribution in [0, 0.1) is 0 Å². The van der Waals surface area contributed by atoms with Crippen molar-refractivity contribution in [1.29, 1.82) is 0 Å². The second-order valence-electron chi connectivity index (χ2n) is 3.35. The van der Waals surface area contributed by atoms with E-state index in [1.807, 2.05) is 20.8 Å². The first-order valence-electron chi connectivity index (χ1n) is 4.77. The van der Waals surface area contributed by atoms with Gasteiger partial charge in [-0.1, -0.05) is 6.92 Å². The molecule has 0 aromatic carbocycles. The van der Waals surface area contributed by atoms with Crippen molar-refractivity contribution in [1.82, 2.24) is 0 Å². The average Bonchev–Trinajstić information content (AvgIpc) is 2.04. The molecule has 0 aromatic rings. The summed E-state index contributed by atoms with van der Waals surface area (Å²) >= 11 is 1.54. The summed E-state index contributed by atoms with van der Waals surface area (Å²) in [5.41, 5.74) is 0. The number of Topliss-reactive ketones (excluding diaryl/α,β-unsaturated/α-hetero) is 1. The lowest BCUT2D eigenvalue weighted by atomic mass is 10.1. The summed E-state index contributed by atoms with van der Waals surface area (Å²) in [6.45, 7) is 7.72. The van der Waals surface area contributed by atoms with E-state index in [1.165, 1.54) is 0 Å². The molecule has 14 heavy (non-hydrogen) atoms. The summed E-state index contributed by atoms with van der Waals surface area (Å²) < 4.78 is 4.23. The molecule has 0 spiro atoms. The van der Waals surface area contributed by atoms with E-state index < -0.39 is 10.7 Å². The van der Waals surface area contributed by atoms with Gasteiger partial charge in [-0.25, -0.2) is 0 Å². The number of esters is 1. The Labute approximate surface area is 89.6 Å². The van der Waals surface area contributed by atoms with E-state index in [0.29, 0.717) is 6.61 Å². The number of carbonyl (C=O) groups excluding carboxylic acids is 2. The van der Waals surface area contributed by atoms with Gasteiger partial charge in [0.2, 0.25) is 0 Å². The maximum absolute atomic E-state index is 11.6. The molecule has 0 N–H and O–H groups in total. The Bertz CT molecular complexity index is 211. The van der Waals surface area contributed by atoms with Crippen molar-refractivity contribution < 1.29 is 14.3 Å². The summed E-state index contributed by atoms with van der Waals surface area (Å²) in [6.07, 6.45) is -0.117. The van der Waals surface area contributed by atoms with Gasteiger partial charge in [0, 0.05) is 0 Å². The van der Waals surface area contributed by atoms with Gasteiger partial charge in [0.1, 0.15) is 6.42 Å². The lowest BCUT2D eigenvalue weighted by Gasteiger charge is -2.20. The Morgan fingerprint density at radius 1 is 1.29 bits per heavy atom. The van der Waals surface area contributed by atoms with Gasteiger partial charge >= 0.3 is 5.97 Å². The molecule has 3 nitrogen and oxygen atoms in total. The fraction of sp³-hybridized carbons (Fsp3) is 0.800. The topological polar surface area (TPSA) is 43.4 Å². The molecule has 0 radical (unpaired) electrons. The molecule has 0 aliphatic carbocycles. The van der Waals surface area contributed by atoms with Gasteiger partial charge in [-0.2, -0.15) is 0 Å². The molecule has 4 heteroatoms. The summed E-state index contributed by atoms with van der Waals surface area (Å²) in [5.74, 6) is 0.367. The highest BCUT2D eigenvalue weighted by Crippen LogP contribution is 2.26. The summed E-state index contributed by atoms with van der Waals surface area (Å²) in [5, 5.41) is 0. The van der Waals surface area contributed by atoms with Crippen LogP contribution < -0.4 is 0 Å². The molecule has 0 atom stereocenters. The smallest absolute Gasteiger partial charge is 0.313 e. The van der Waals surface area contributed by atoms with E-state index in [2.05, 4.69) is 0 Å². The zero-order valence-electron chi connectivity index (χ0n) is 9.25. The second kappa shape index (κ2) is 6.06. The minimum Gasteiger partial charge on any atom is -0.466 e. The molecule has 0 unspecified atom stereocenters. The van der Waals surface area contributed by atoms with Crippen LogP contribution in [0.2, 0.25) is 0 Å². The lowest BCUT2D eigenvalue weighted by Crippen LogP contribution is -2.30. The van der Waals surface area contributed by atoms with E-state index in [4.69, 9.17) is 4.74 Å². The van der Waals surface area contributed by atoms with Gasteiger partial charge in [-0.05, 0) is 26.5 Å². The molecule has 0 aromatic heterocycles. The fourth-order valence-electron chi connectivity index (χ4n) is 0.997. The number of ketones is 1. The lowest BCUT2D eigenvalue weighted by molar-refractivity contribution is -0.145. The van der Waals surface area contributed by atoms with E-state index in [0.717, 1.165) is 5.75 Å². The number of thioether (sulfide) groups is 1. The van der Waals surface area contributed by atoms with Crippen LogP contribution in [0.1, 0.15) is 34.1 Å². The number of rotatable bonds is 6. The highest BCUT2D eigenvalue weighted by Gasteiger charge is 2.29. The van der Waals surface area contributed by atoms with Crippen LogP contribution in [-0.4, -0.2) is 28.9 Å². The number of hydrogen-bond acceptors (Lipinski definition) is 4. The monoisotopic (exact) mass is 218 g/mol. The van der Waals surface area contributed by atoms with Gasteiger partial charge in [0.15, 0.2) is 5.78 Å². The summed E-state index contributed by atoms with van der Waals surface area (Å²) in [4.78, 5) is 22.7. The molecule has 0 saturated carbocycles. The van der Waals surface area contributed by atoms with E-state index in [9.17, 15) is 9.59 Å². The van der Waals surface area contributed by atoms with Crippen molar-refractivity contribution in [2.24, 2.45) is 0 Å². The van der Waals surface area contributed by atoms with Crippen molar-refractivity contribution in [3.8, 4) is 0 Å². The normalized spacial score (nSPS) is 11.1. The standard InChI is InChI=1S/C10H18O3S/c1-5-13-9(12)7-8(11)10(3,4)14-6-2/h5-7H2,1-4H3. The Morgan fingerprint density at radius 3 is 2.29 bits per heavy atom. The van der Waals surface area contributed by atoms with Crippen LogP contribution in [0.3, 0.4) is 0 Å². The van der Waals surface area contributed by atoms with Crippen LogP contribution in [0.15, 0.2) is 0 Å². The minimum absolute atomic E-state index is 0.0669. The average molecular weight is 218 g/mol. The third-order valence-electron chi connectivity index (χ3n) is 1.79. The molecule has 0 amide bonds. The van der Waals surface area contributed by atoms with Crippen molar-refractivity contribution in [3.05, 3.63) is 0 Å². The van der Waals surface area contributed by atoms with Crippen molar-refractivity contribution >= 4 is 23.5 Å². The Hall–Kier alpha value is -0.510. The van der Waals surface area contributed by atoms with Gasteiger partial charge < -0.3 is 4.74 Å². The first kappa shape index (κ1) is 13.5. The van der Waals surface area contributed by atoms with E-state index in [-0.39, 0.29) is 12.2 Å². The molecule has 0 bridgehead atoms. The molecule has 0 aliphatic rings. The molecule has 0 aliphatic heterocycles. The number of ether oxygens (including phenoxy) is 1. The first-order chi connectivity index (χ1) is 6.44.